The Hall–Kier alpha value is -1.05. The number of hydrogen-bond acceptors (Lipinski definition) is 3. The largest absolute Gasteiger partial charge is 0.573 e. The molecule has 0 bridgehead atoms. The van der Waals surface area contributed by atoms with Gasteiger partial charge in [0.15, 0.2) is 0 Å². The monoisotopic (exact) mass is 345 g/mol. The highest BCUT2D eigenvalue weighted by Gasteiger charge is 2.32. The lowest BCUT2D eigenvalue weighted by Crippen LogP contribution is -2.27. The van der Waals surface area contributed by atoms with Gasteiger partial charge in [0, 0.05) is 5.56 Å². The van der Waals surface area contributed by atoms with Crippen molar-refractivity contribution in [2.45, 2.75) is 45.2 Å². The molecule has 0 spiro atoms. The van der Waals surface area contributed by atoms with Gasteiger partial charge in [0.25, 0.3) is 0 Å². The van der Waals surface area contributed by atoms with E-state index in [2.05, 4.69) is 4.74 Å². The number of nitrogens with two attached hydrogens (primary N) is 1. The zero-order valence-corrected chi connectivity index (χ0v) is 13.0. The minimum Gasteiger partial charge on any atom is -0.406 e. The Balaban J connectivity index is 0.00000441. The molecule has 0 unspecified atom stereocenters. The van der Waals surface area contributed by atoms with E-state index < -0.39 is 30.1 Å². The van der Waals surface area contributed by atoms with E-state index in [1.807, 2.05) is 13.8 Å². The Labute approximate surface area is 132 Å². The topological polar surface area (TPSA) is 55.5 Å². The van der Waals surface area contributed by atoms with Crippen molar-refractivity contribution < 1.29 is 27.4 Å². The van der Waals surface area contributed by atoms with Crippen LogP contribution in [0.25, 0.3) is 0 Å². The van der Waals surface area contributed by atoms with Gasteiger partial charge in [-0.25, -0.2) is 4.39 Å². The number of alkyl halides is 3. The fraction of sp³-hybridized carbons (Fsp3) is 0.571. The number of halogens is 5. The van der Waals surface area contributed by atoms with Crippen molar-refractivity contribution in [1.82, 2.24) is 0 Å². The summed E-state index contributed by atoms with van der Waals surface area (Å²) in [6.45, 7) is 3.91. The lowest BCUT2D eigenvalue weighted by atomic mass is 9.95. The van der Waals surface area contributed by atoms with E-state index in [0.29, 0.717) is 18.8 Å². The van der Waals surface area contributed by atoms with Gasteiger partial charge in [-0.3, -0.25) is 0 Å². The molecular weight excluding hydrogens is 326 g/mol. The molecule has 128 valence electrons. The predicted octanol–water partition coefficient (Wildman–Crippen LogP) is 3.94. The maximum absolute atomic E-state index is 13.7. The first-order valence-electron chi connectivity index (χ1n) is 6.59. The van der Waals surface area contributed by atoms with Crippen molar-refractivity contribution in [2.75, 3.05) is 0 Å². The van der Waals surface area contributed by atoms with Crippen molar-refractivity contribution in [3.05, 3.63) is 29.6 Å². The average molecular weight is 346 g/mol. The first-order valence-corrected chi connectivity index (χ1v) is 6.59. The van der Waals surface area contributed by atoms with Crippen LogP contribution in [0.4, 0.5) is 17.6 Å². The Kier molecular flexibility index (Phi) is 8.14. The van der Waals surface area contributed by atoms with E-state index in [4.69, 9.17) is 5.73 Å². The number of hydrogen-bond donors (Lipinski definition) is 2. The number of aliphatic hydroxyl groups excluding tert-OH is 1. The van der Waals surface area contributed by atoms with Gasteiger partial charge >= 0.3 is 6.36 Å². The third-order valence-corrected chi connectivity index (χ3v) is 3.01. The van der Waals surface area contributed by atoms with Crippen LogP contribution >= 0.6 is 12.4 Å². The molecule has 3 nitrogen and oxygen atoms in total. The summed E-state index contributed by atoms with van der Waals surface area (Å²) in [4.78, 5) is 0. The van der Waals surface area contributed by atoms with E-state index in [1.165, 1.54) is 0 Å². The van der Waals surface area contributed by atoms with Crippen LogP contribution in [0.15, 0.2) is 18.2 Å². The SMILES string of the molecule is CC(C)CC[C@@H](O)[C@@H](N)c1cc(OC(F)(F)F)ccc1F.Cl. The molecule has 0 aromatic heterocycles. The highest BCUT2D eigenvalue weighted by Crippen LogP contribution is 2.28. The molecule has 0 fully saturated rings. The molecule has 0 aliphatic heterocycles. The van der Waals surface area contributed by atoms with Gasteiger partial charge in [-0.15, -0.1) is 25.6 Å². The van der Waals surface area contributed by atoms with Gasteiger partial charge in [0.1, 0.15) is 11.6 Å². The molecule has 1 rings (SSSR count). The van der Waals surface area contributed by atoms with E-state index in [1.54, 1.807) is 0 Å². The fourth-order valence-electron chi connectivity index (χ4n) is 1.87. The molecular formula is C14H20ClF4NO2. The second-order valence-electron chi connectivity index (χ2n) is 5.30. The third-order valence-electron chi connectivity index (χ3n) is 3.01. The van der Waals surface area contributed by atoms with Crippen LogP contribution in [0.3, 0.4) is 0 Å². The maximum atomic E-state index is 13.7. The predicted molar refractivity (Wildman–Crippen MR) is 77.3 cm³/mol. The highest BCUT2D eigenvalue weighted by atomic mass is 35.5. The molecule has 0 saturated carbocycles. The molecule has 0 saturated heterocycles. The number of benzene rings is 1. The normalized spacial score (nSPS) is 14.4. The van der Waals surface area contributed by atoms with Crippen molar-refractivity contribution in [3.63, 3.8) is 0 Å². The molecule has 1 aromatic rings. The zero-order chi connectivity index (χ0) is 16.2. The summed E-state index contributed by atoms with van der Waals surface area (Å²) in [6.07, 6.45) is -4.89. The summed E-state index contributed by atoms with van der Waals surface area (Å²) in [5.74, 6) is -1.01. The molecule has 0 radical (unpaired) electrons. The van der Waals surface area contributed by atoms with Gasteiger partial charge in [-0.05, 0) is 37.0 Å². The van der Waals surface area contributed by atoms with Crippen LogP contribution in [0, 0.1) is 11.7 Å². The summed E-state index contributed by atoms with van der Waals surface area (Å²) in [5, 5.41) is 9.91. The van der Waals surface area contributed by atoms with Gasteiger partial charge in [0.2, 0.25) is 0 Å². The van der Waals surface area contributed by atoms with Gasteiger partial charge in [-0.2, -0.15) is 0 Å². The highest BCUT2D eigenvalue weighted by molar-refractivity contribution is 5.85. The van der Waals surface area contributed by atoms with Crippen LogP contribution in [0.2, 0.25) is 0 Å². The van der Waals surface area contributed by atoms with Crippen LogP contribution in [-0.4, -0.2) is 17.6 Å². The summed E-state index contributed by atoms with van der Waals surface area (Å²) < 4.78 is 53.8. The number of rotatable bonds is 6. The smallest absolute Gasteiger partial charge is 0.406 e. The Morgan fingerprint density at radius 2 is 1.82 bits per heavy atom. The van der Waals surface area contributed by atoms with E-state index in [9.17, 15) is 22.7 Å². The van der Waals surface area contributed by atoms with Crippen LogP contribution in [0.1, 0.15) is 38.3 Å². The van der Waals surface area contributed by atoms with Crippen molar-refractivity contribution in [1.29, 1.82) is 0 Å². The van der Waals surface area contributed by atoms with Gasteiger partial charge in [0.05, 0.1) is 12.1 Å². The van der Waals surface area contributed by atoms with Crippen LogP contribution in [0.5, 0.6) is 5.75 Å². The summed E-state index contributed by atoms with van der Waals surface area (Å²) in [5.41, 5.74) is 5.53. The number of ether oxygens (including phenoxy) is 1. The Morgan fingerprint density at radius 3 is 2.32 bits per heavy atom. The van der Waals surface area contributed by atoms with Gasteiger partial charge in [-0.1, -0.05) is 13.8 Å². The average Bonchev–Trinajstić information content (AvgIpc) is 2.35. The molecule has 0 aliphatic carbocycles. The van der Waals surface area contributed by atoms with E-state index >= 15 is 0 Å². The fourth-order valence-corrected chi connectivity index (χ4v) is 1.87. The Bertz CT molecular complexity index is 469. The minimum atomic E-state index is -4.87. The maximum Gasteiger partial charge on any atom is 0.573 e. The summed E-state index contributed by atoms with van der Waals surface area (Å²) in [7, 11) is 0. The first-order chi connectivity index (χ1) is 9.60. The molecule has 0 heterocycles. The lowest BCUT2D eigenvalue weighted by molar-refractivity contribution is -0.274. The molecule has 1 aromatic carbocycles. The first kappa shape index (κ1) is 20.9. The molecule has 22 heavy (non-hydrogen) atoms. The van der Waals surface area contributed by atoms with E-state index in [0.717, 1.165) is 18.2 Å². The van der Waals surface area contributed by atoms with Crippen molar-refractivity contribution in [3.8, 4) is 5.75 Å². The second-order valence-corrected chi connectivity index (χ2v) is 5.30. The van der Waals surface area contributed by atoms with E-state index in [-0.39, 0.29) is 18.0 Å². The molecule has 0 aliphatic rings. The summed E-state index contributed by atoms with van der Waals surface area (Å²) in [6, 6.07) is 1.46. The van der Waals surface area contributed by atoms with Crippen molar-refractivity contribution >= 4 is 12.4 Å². The number of aliphatic hydroxyl groups is 1. The molecule has 3 N–H and O–H groups in total. The quantitative estimate of drug-likeness (QED) is 0.768. The second kappa shape index (κ2) is 8.55. The molecule has 8 heteroatoms. The Morgan fingerprint density at radius 1 is 1.23 bits per heavy atom. The molecule has 2 atom stereocenters. The van der Waals surface area contributed by atoms with Crippen LogP contribution in [-0.2, 0) is 0 Å². The zero-order valence-electron chi connectivity index (χ0n) is 12.2. The third kappa shape index (κ3) is 6.81. The summed E-state index contributed by atoms with van der Waals surface area (Å²) >= 11 is 0. The lowest BCUT2D eigenvalue weighted by Gasteiger charge is -2.21. The standard InChI is InChI=1S/C14H19F4NO2.ClH/c1-8(2)3-6-12(20)13(19)10-7-9(4-5-11(10)15)21-14(16,17)18;/h4-5,7-8,12-13,20H,3,6,19H2,1-2H3;1H/t12-,13+;/m1./s1. The van der Waals surface area contributed by atoms with Gasteiger partial charge < -0.3 is 15.6 Å². The van der Waals surface area contributed by atoms with Crippen molar-refractivity contribution in [2.24, 2.45) is 11.7 Å². The van der Waals surface area contributed by atoms with Crippen LogP contribution < -0.4 is 10.5 Å². The molecule has 0 amide bonds. The minimum absolute atomic E-state index is 0.